The molecule has 0 saturated carbocycles. The van der Waals surface area contributed by atoms with Crippen LogP contribution in [0.3, 0.4) is 0 Å². The van der Waals surface area contributed by atoms with Crippen molar-refractivity contribution in [3.63, 3.8) is 0 Å². The van der Waals surface area contributed by atoms with Crippen molar-refractivity contribution in [2.24, 2.45) is 5.92 Å². The zero-order valence-electron chi connectivity index (χ0n) is 12.0. The molecule has 1 N–H and O–H groups in total. The van der Waals surface area contributed by atoms with E-state index in [1.807, 2.05) is 11.3 Å². The number of thiophene rings is 1. The number of nitrogens with zero attached hydrogens (tertiary/aromatic N) is 1. The Morgan fingerprint density at radius 2 is 2.32 bits per heavy atom. The van der Waals surface area contributed by atoms with Gasteiger partial charge in [-0.25, -0.2) is 0 Å². The van der Waals surface area contributed by atoms with Crippen LogP contribution in [0.1, 0.15) is 43.5 Å². The molecule has 1 saturated heterocycles. The maximum absolute atomic E-state index is 3.75. The Labute approximate surface area is 129 Å². The first kappa shape index (κ1) is 15.5. The monoisotopic (exact) mass is 344 g/mol. The van der Waals surface area contributed by atoms with Gasteiger partial charge < -0.3 is 5.32 Å². The van der Waals surface area contributed by atoms with Gasteiger partial charge in [0.1, 0.15) is 0 Å². The largest absolute Gasteiger partial charge is 0.319 e. The fraction of sp³-hybridized carbons (Fsp3) is 0.733. The molecule has 1 aliphatic heterocycles. The number of halogens is 1. The first-order valence-corrected chi connectivity index (χ1v) is 9.06. The smallest absolute Gasteiger partial charge is 0.0493 e. The summed E-state index contributed by atoms with van der Waals surface area (Å²) < 4.78 is 1.30. The van der Waals surface area contributed by atoms with Gasteiger partial charge in [0.25, 0.3) is 0 Å². The number of hydrogen-bond acceptors (Lipinski definition) is 3. The molecule has 0 aliphatic carbocycles. The molecular weight excluding hydrogens is 320 g/mol. The zero-order valence-corrected chi connectivity index (χ0v) is 14.4. The maximum atomic E-state index is 3.75. The highest BCUT2D eigenvalue weighted by atomic mass is 79.9. The van der Waals surface area contributed by atoms with Gasteiger partial charge in [-0.3, -0.25) is 4.90 Å². The van der Waals surface area contributed by atoms with Gasteiger partial charge in [0.05, 0.1) is 0 Å². The van der Waals surface area contributed by atoms with Crippen LogP contribution in [-0.2, 0) is 0 Å². The lowest BCUT2D eigenvalue weighted by atomic mass is 9.93. The van der Waals surface area contributed by atoms with E-state index >= 15 is 0 Å². The van der Waals surface area contributed by atoms with Crippen molar-refractivity contribution in [1.29, 1.82) is 0 Å². The Balaban J connectivity index is 2.28. The van der Waals surface area contributed by atoms with Crippen molar-refractivity contribution in [2.45, 2.75) is 38.6 Å². The summed E-state index contributed by atoms with van der Waals surface area (Å²) in [5.74, 6) is 0.731. The van der Waals surface area contributed by atoms with Crippen molar-refractivity contribution in [3.05, 3.63) is 20.8 Å². The van der Waals surface area contributed by atoms with Crippen LogP contribution in [0.4, 0.5) is 0 Å². The lowest BCUT2D eigenvalue weighted by Gasteiger charge is -2.34. The van der Waals surface area contributed by atoms with Gasteiger partial charge >= 0.3 is 0 Å². The van der Waals surface area contributed by atoms with Crippen molar-refractivity contribution in [1.82, 2.24) is 10.2 Å². The fourth-order valence-electron chi connectivity index (χ4n) is 3.23. The van der Waals surface area contributed by atoms with E-state index < -0.39 is 0 Å². The van der Waals surface area contributed by atoms with Crippen LogP contribution in [0.5, 0.6) is 0 Å². The third-order valence-corrected chi connectivity index (χ3v) is 5.94. The summed E-state index contributed by atoms with van der Waals surface area (Å²) in [7, 11) is 2.08. The minimum atomic E-state index is 0.587. The van der Waals surface area contributed by atoms with E-state index in [9.17, 15) is 0 Å². The average molecular weight is 345 g/mol. The SMILES string of the molecule is CCCN1CCCCC(CNC)C1c1sccc1Br. The first-order chi connectivity index (χ1) is 9.27. The van der Waals surface area contributed by atoms with Gasteiger partial charge in [0, 0.05) is 15.4 Å². The highest BCUT2D eigenvalue weighted by molar-refractivity contribution is 9.10. The Morgan fingerprint density at radius 1 is 1.47 bits per heavy atom. The third-order valence-electron chi connectivity index (χ3n) is 4.00. The number of nitrogens with one attached hydrogen (secondary N) is 1. The van der Waals surface area contributed by atoms with E-state index in [1.165, 1.54) is 48.1 Å². The lowest BCUT2D eigenvalue weighted by Crippen LogP contribution is -2.36. The van der Waals surface area contributed by atoms with Gasteiger partial charge in [-0.15, -0.1) is 11.3 Å². The van der Waals surface area contributed by atoms with Crippen LogP contribution < -0.4 is 5.32 Å². The van der Waals surface area contributed by atoms with Gasteiger partial charge in [0.2, 0.25) is 0 Å². The molecule has 0 bridgehead atoms. The van der Waals surface area contributed by atoms with E-state index in [4.69, 9.17) is 0 Å². The number of hydrogen-bond donors (Lipinski definition) is 1. The lowest BCUT2D eigenvalue weighted by molar-refractivity contribution is 0.157. The molecule has 2 atom stereocenters. The molecule has 2 unspecified atom stereocenters. The van der Waals surface area contributed by atoms with Crippen molar-refractivity contribution in [2.75, 3.05) is 26.7 Å². The second kappa shape index (κ2) is 7.77. The number of likely N-dealkylation sites (tertiary alicyclic amines) is 1. The van der Waals surface area contributed by atoms with Crippen molar-refractivity contribution in [3.8, 4) is 0 Å². The molecule has 2 rings (SSSR count). The van der Waals surface area contributed by atoms with Gasteiger partial charge in [-0.1, -0.05) is 13.3 Å². The molecule has 0 amide bonds. The van der Waals surface area contributed by atoms with Crippen LogP contribution >= 0.6 is 27.3 Å². The quantitative estimate of drug-likeness (QED) is 0.857. The van der Waals surface area contributed by atoms with Crippen LogP contribution in [0.2, 0.25) is 0 Å². The average Bonchev–Trinajstić information content (AvgIpc) is 2.71. The summed E-state index contributed by atoms with van der Waals surface area (Å²) in [5.41, 5.74) is 0. The molecule has 1 aromatic heterocycles. The summed E-state index contributed by atoms with van der Waals surface area (Å²) in [6.07, 6.45) is 5.30. The van der Waals surface area contributed by atoms with Crippen LogP contribution in [0.15, 0.2) is 15.9 Å². The second-order valence-electron chi connectivity index (χ2n) is 5.43. The topological polar surface area (TPSA) is 15.3 Å². The molecule has 4 heteroatoms. The van der Waals surface area contributed by atoms with E-state index in [2.05, 4.69) is 51.6 Å². The van der Waals surface area contributed by atoms with Crippen LogP contribution in [-0.4, -0.2) is 31.6 Å². The Hall–Kier alpha value is 0.100. The molecule has 108 valence electrons. The highest BCUT2D eigenvalue weighted by Gasteiger charge is 2.32. The van der Waals surface area contributed by atoms with Crippen LogP contribution in [0, 0.1) is 5.92 Å². The molecule has 0 radical (unpaired) electrons. The fourth-order valence-corrected chi connectivity index (χ4v) is 5.06. The van der Waals surface area contributed by atoms with Gasteiger partial charge in [0.15, 0.2) is 0 Å². The molecule has 2 nitrogen and oxygen atoms in total. The van der Waals surface area contributed by atoms with E-state index in [0.717, 1.165) is 12.5 Å². The highest BCUT2D eigenvalue weighted by Crippen LogP contribution is 2.40. The van der Waals surface area contributed by atoms with Crippen LogP contribution in [0.25, 0.3) is 0 Å². The normalized spacial score (nSPS) is 25.4. The van der Waals surface area contributed by atoms with E-state index in [0.29, 0.717) is 6.04 Å². The van der Waals surface area contributed by atoms with E-state index in [-0.39, 0.29) is 0 Å². The van der Waals surface area contributed by atoms with Gasteiger partial charge in [-0.2, -0.15) is 0 Å². The molecule has 1 fully saturated rings. The Kier molecular flexibility index (Phi) is 6.33. The molecule has 2 heterocycles. The van der Waals surface area contributed by atoms with Crippen molar-refractivity contribution < 1.29 is 0 Å². The molecule has 19 heavy (non-hydrogen) atoms. The molecular formula is C15H25BrN2S. The minimum absolute atomic E-state index is 0.587. The molecule has 1 aliphatic rings. The Bertz CT molecular complexity index is 364. The van der Waals surface area contributed by atoms with Gasteiger partial charge in [-0.05, 0) is 79.2 Å². The number of rotatable bonds is 5. The minimum Gasteiger partial charge on any atom is -0.319 e. The van der Waals surface area contributed by atoms with Crippen molar-refractivity contribution >= 4 is 27.3 Å². The predicted molar refractivity (Wildman–Crippen MR) is 87.9 cm³/mol. The summed E-state index contributed by atoms with van der Waals surface area (Å²) in [6, 6.07) is 2.79. The third kappa shape index (κ3) is 3.81. The summed E-state index contributed by atoms with van der Waals surface area (Å²) in [5, 5.41) is 5.62. The zero-order chi connectivity index (χ0) is 13.7. The Morgan fingerprint density at radius 3 is 2.95 bits per heavy atom. The molecule has 1 aromatic rings. The standard InChI is InChI=1S/C15H25BrN2S/c1-3-8-18-9-5-4-6-12(11-17-2)14(18)15-13(16)7-10-19-15/h7,10,12,14,17H,3-6,8-9,11H2,1-2H3. The summed E-state index contributed by atoms with van der Waals surface area (Å²) >= 11 is 5.66. The van der Waals surface area contributed by atoms with E-state index in [1.54, 1.807) is 0 Å². The second-order valence-corrected chi connectivity index (χ2v) is 7.23. The maximum Gasteiger partial charge on any atom is 0.0493 e. The summed E-state index contributed by atoms with van der Waals surface area (Å²) in [4.78, 5) is 4.24. The molecule has 0 spiro atoms. The first-order valence-electron chi connectivity index (χ1n) is 7.39. The summed E-state index contributed by atoms with van der Waals surface area (Å²) in [6.45, 7) is 5.88. The predicted octanol–water partition coefficient (Wildman–Crippen LogP) is 4.28. The molecule has 0 aromatic carbocycles.